The molecule has 0 amide bonds. The van der Waals surface area contributed by atoms with Gasteiger partial charge in [-0.05, 0) is 24.3 Å². The Morgan fingerprint density at radius 3 is 2.33 bits per heavy atom. The number of rotatable bonds is 3. The van der Waals surface area contributed by atoms with Crippen LogP contribution in [0.2, 0.25) is 0 Å². The zero-order chi connectivity index (χ0) is 15.7. The van der Waals surface area contributed by atoms with Gasteiger partial charge in [0.1, 0.15) is 11.5 Å². The van der Waals surface area contributed by atoms with E-state index in [0.29, 0.717) is 0 Å². The van der Waals surface area contributed by atoms with E-state index in [4.69, 9.17) is 0 Å². The number of aromatic nitrogens is 1. The molecule has 9 heteroatoms. The summed E-state index contributed by atoms with van der Waals surface area (Å²) in [5.41, 5.74) is -6.11. The van der Waals surface area contributed by atoms with Gasteiger partial charge in [0.15, 0.2) is 5.75 Å². The van der Waals surface area contributed by atoms with Crippen LogP contribution in [-0.2, 0) is 10.1 Å². The van der Waals surface area contributed by atoms with E-state index in [1.165, 1.54) is 30.5 Å². The summed E-state index contributed by atoms with van der Waals surface area (Å²) >= 11 is 0. The second kappa shape index (κ2) is 5.32. The first-order valence-corrected chi connectivity index (χ1v) is 6.84. The molecule has 2 rings (SSSR count). The molecule has 0 radical (unpaired) electrons. The third kappa shape index (κ3) is 3.13. The van der Waals surface area contributed by atoms with E-state index < -0.39 is 27.2 Å². The highest BCUT2D eigenvalue weighted by atomic mass is 32.2. The number of hydrogen-bond acceptors (Lipinski definition) is 4. The lowest BCUT2D eigenvalue weighted by molar-refractivity contribution is -0.0499. The lowest BCUT2D eigenvalue weighted by atomic mass is 10.1. The van der Waals surface area contributed by atoms with Gasteiger partial charge in [0.05, 0.1) is 0 Å². The van der Waals surface area contributed by atoms with Crippen molar-refractivity contribution in [3.05, 3.63) is 48.4 Å². The number of pyridine rings is 1. The molecule has 0 fully saturated rings. The van der Waals surface area contributed by atoms with E-state index >= 15 is 0 Å². The summed E-state index contributed by atoms with van der Waals surface area (Å²) in [5.74, 6) is -1.48. The molecule has 0 spiro atoms. The molecule has 0 atom stereocenters. The molecule has 2 aromatic rings. The van der Waals surface area contributed by atoms with E-state index in [1.54, 1.807) is 0 Å². The molecular formula is C12H7F4NO3S. The lowest BCUT2D eigenvalue weighted by Crippen LogP contribution is -2.28. The fourth-order valence-electron chi connectivity index (χ4n) is 1.48. The van der Waals surface area contributed by atoms with Crippen molar-refractivity contribution in [1.82, 2.24) is 4.98 Å². The lowest BCUT2D eigenvalue weighted by Gasteiger charge is -2.12. The fourth-order valence-corrected chi connectivity index (χ4v) is 1.94. The maximum absolute atomic E-state index is 13.7. The minimum atomic E-state index is -5.86. The number of nitrogens with zero attached hydrogens (tertiary/aromatic N) is 1. The standard InChI is InChI=1S/C12H7F4NO3S/c13-9-5-2-1-4-8(9)11-10(6-3-7-17-11)20-21(18,19)12(14,15)16/h1-7H. The van der Waals surface area contributed by atoms with Gasteiger partial charge in [-0.15, -0.1) is 0 Å². The monoisotopic (exact) mass is 321 g/mol. The largest absolute Gasteiger partial charge is 0.534 e. The Hall–Kier alpha value is -2.16. The molecule has 1 aromatic carbocycles. The molecule has 0 unspecified atom stereocenters. The van der Waals surface area contributed by atoms with Crippen molar-refractivity contribution in [1.29, 1.82) is 0 Å². The number of benzene rings is 1. The van der Waals surface area contributed by atoms with Crippen molar-refractivity contribution >= 4 is 10.1 Å². The minimum Gasteiger partial charge on any atom is -0.374 e. The van der Waals surface area contributed by atoms with Gasteiger partial charge in [0.25, 0.3) is 0 Å². The van der Waals surface area contributed by atoms with Gasteiger partial charge in [-0.3, -0.25) is 4.98 Å². The molecule has 0 aliphatic rings. The van der Waals surface area contributed by atoms with Crippen LogP contribution in [0.25, 0.3) is 11.3 Å². The van der Waals surface area contributed by atoms with E-state index in [9.17, 15) is 26.0 Å². The van der Waals surface area contributed by atoms with Gasteiger partial charge in [0, 0.05) is 11.8 Å². The average Bonchev–Trinajstić information content (AvgIpc) is 2.38. The molecule has 1 aromatic heterocycles. The molecule has 4 nitrogen and oxygen atoms in total. The normalized spacial score (nSPS) is 12.2. The summed E-state index contributed by atoms with van der Waals surface area (Å²) in [4.78, 5) is 3.68. The van der Waals surface area contributed by atoms with Crippen LogP contribution in [-0.4, -0.2) is 18.9 Å². The quantitative estimate of drug-likeness (QED) is 0.495. The van der Waals surface area contributed by atoms with Crippen molar-refractivity contribution in [2.45, 2.75) is 5.51 Å². The molecule has 0 bridgehead atoms. The van der Waals surface area contributed by atoms with Crippen LogP contribution >= 0.6 is 0 Å². The van der Waals surface area contributed by atoms with Crippen LogP contribution in [0.3, 0.4) is 0 Å². The van der Waals surface area contributed by atoms with E-state index in [-0.39, 0.29) is 11.3 Å². The highest BCUT2D eigenvalue weighted by molar-refractivity contribution is 7.88. The van der Waals surface area contributed by atoms with Crippen LogP contribution in [0.1, 0.15) is 0 Å². The van der Waals surface area contributed by atoms with E-state index in [0.717, 1.165) is 12.1 Å². The van der Waals surface area contributed by atoms with E-state index in [2.05, 4.69) is 9.17 Å². The van der Waals surface area contributed by atoms with Crippen LogP contribution < -0.4 is 4.18 Å². The van der Waals surface area contributed by atoms with Gasteiger partial charge < -0.3 is 4.18 Å². The summed E-state index contributed by atoms with van der Waals surface area (Å²) in [7, 11) is -5.86. The van der Waals surface area contributed by atoms with Crippen LogP contribution in [0.15, 0.2) is 42.6 Å². The van der Waals surface area contributed by atoms with Gasteiger partial charge >= 0.3 is 15.6 Å². The van der Waals surface area contributed by atoms with Crippen molar-refractivity contribution < 1.29 is 30.2 Å². The van der Waals surface area contributed by atoms with Gasteiger partial charge in [0.2, 0.25) is 0 Å². The van der Waals surface area contributed by atoms with E-state index in [1.807, 2.05) is 0 Å². The van der Waals surface area contributed by atoms with Crippen molar-refractivity contribution in [2.75, 3.05) is 0 Å². The number of hydrogen-bond donors (Lipinski definition) is 0. The summed E-state index contributed by atoms with van der Waals surface area (Å²) in [6.45, 7) is 0. The third-order valence-electron chi connectivity index (χ3n) is 2.38. The Labute approximate surface area is 117 Å². The Morgan fingerprint density at radius 2 is 1.71 bits per heavy atom. The van der Waals surface area contributed by atoms with Gasteiger partial charge in [-0.2, -0.15) is 21.6 Å². The highest BCUT2D eigenvalue weighted by Crippen LogP contribution is 2.33. The Kier molecular flexibility index (Phi) is 3.86. The van der Waals surface area contributed by atoms with Crippen molar-refractivity contribution in [3.63, 3.8) is 0 Å². The Bertz CT molecular complexity index is 759. The van der Waals surface area contributed by atoms with Crippen LogP contribution in [0.4, 0.5) is 17.6 Å². The first kappa shape index (κ1) is 15.2. The zero-order valence-electron chi connectivity index (χ0n) is 10.1. The SMILES string of the molecule is O=S(=O)(Oc1cccnc1-c1ccccc1F)C(F)(F)F. The maximum Gasteiger partial charge on any atom is 0.534 e. The van der Waals surface area contributed by atoms with Gasteiger partial charge in [-0.1, -0.05) is 12.1 Å². The third-order valence-corrected chi connectivity index (χ3v) is 3.35. The second-order valence-electron chi connectivity index (χ2n) is 3.81. The van der Waals surface area contributed by atoms with Crippen LogP contribution in [0, 0.1) is 5.82 Å². The highest BCUT2D eigenvalue weighted by Gasteiger charge is 2.48. The average molecular weight is 321 g/mol. The topological polar surface area (TPSA) is 56.3 Å². The smallest absolute Gasteiger partial charge is 0.374 e. The molecule has 0 N–H and O–H groups in total. The minimum absolute atomic E-state index is 0.175. The molecular weight excluding hydrogens is 314 g/mol. The Morgan fingerprint density at radius 1 is 1.05 bits per heavy atom. The molecule has 0 aliphatic heterocycles. The predicted molar refractivity (Wildman–Crippen MR) is 65.2 cm³/mol. The molecule has 112 valence electrons. The molecule has 21 heavy (non-hydrogen) atoms. The van der Waals surface area contributed by atoms with Crippen molar-refractivity contribution in [3.8, 4) is 17.0 Å². The predicted octanol–water partition coefficient (Wildman–Crippen LogP) is 3.12. The summed E-state index contributed by atoms with van der Waals surface area (Å²) in [5, 5.41) is 0. The summed E-state index contributed by atoms with van der Waals surface area (Å²) < 4.78 is 76.7. The molecule has 1 heterocycles. The maximum atomic E-state index is 13.7. The fraction of sp³-hybridized carbons (Fsp3) is 0.0833. The van der Waals surface area contributed by atoms with Gasteiger partial charge in [-0.25, -0.2) is 4.39 Å². The second-order valence-corrected chi connectivity index (χ2v) is 5.35. The summed E-state index contributed by atoms with van der Waals surface area (Å²) in [6, 6.07) is 7.23. The molecule has 0 saturated heterocycles. The van der Waals surface area contributed by atoms with Crippen LogP contribution in [0.5, 0.6) is 5.75 Å². The Balaban J connectivity index is 2.52. The number of alkyl halides is 3. The first-order chi connectivity index (χ1) is 9.72. The summed E-state index contributed by atoms with van der Waals surface area (Å²) in [6.07, 6.45) is 1.18. The number of halogens is 4. The zero-order valence-corrected chi connectivity index (χ0v) is 11.0. The van der Waals surface area contributed by atoms with Crippen molar-refractivity contribution in [2.24, 2.45) is 0 Å². The molecule has 0 saturated carbocycles. The first-order valence-electron chi connectivity index (χ1n) is 5.43. The molecule has 0 aliphatic carbocycles.